The molecule has 1 unspecified atom stereocenters. The van der Waals surface area contributed by atoms with Gasteiger partial charge in [0, 0.05) is 19.3 Å². The molecule has 0 aliphatic carbocycles. The standard InChI is InChI=1S/C11H15N3O2/c1-16-7-10(15)6-14-9-3-2-8(5-12)11(13)4-9/h2-4,10,14-15H,6-7,13H2,1H3. The summed E-state index contributed by atoms with van der Waals surface area (Å²) in [5, 5.41) is 21.1. The summed E-state index contributed by atoms with van der Waals surface area (Å²) in [6, 6.07) is 7.03. The van der Waals surface area contributed by atoms with Crippen LogP contribution in [0, 0.1) is 11.3 Å². The Balaban J connectivity index is 2.56. The second kappa shape index (κ2) is 5.95. The van der Waals surface area contributed by atoms with E-state index in [0.29, 0.717) is 17.8 Å². The maximum atomic E-state index is 9.41. The second-order valence-electron chi connectivity index (χ2n) is 3.40. The Labute approximate surface area is 94.4 Å². The zero-order valence-electron chi connectivity index (χ0n) is 9.10. The minimum Gasteiger partial charge on any atom is -0.398 e. The first-order valence-electron chi connectivity index (χ1n) is 4.88. The third-order valence-corrected chi connectivity index (χ3v) is 2.07. The van der Waals surface area contributed by atoms with E-state index in [9.17, 15) is 5.11 Å². The number of nitrogens with two attached hydrogens (primary N) is 1. The third-order valence-electron chi connectivity index (χ3n) is 2.07. The van der Waals surface area contributed by atoms with Gasteiger partial charge >= 0.3 is 0 Å². The molecule has 5 nitrogen and oxygen atoms in total. The third kappa shape index (κ3) is 3.42. The molecular weight excluding hydrogens is 206 g/mol. The molecule has 1 atom stereocenters. The predicted molar refractivity (Wildman–Crippen MR) is 61.9 cm³/mol. The van der Waals surface area contributed by atoms with Gasteiger partial charge in [-0.2, -0.15) is 5.26 Å². The Bertz CT molecular complexity index is 387. The molecule has 0 heterocycles. The highest BCUT2D eigenvalue weighted by Gasteiger charge is 2.04. The predicted octanol–water partition coefficient (Wildman–Crippen LogP) is 0.560. The molecule has 0 saturated heterocycles. The molecule has 0 aromatic heterocycles. The second-order valence-corrected chi connectivity index (χ2v) is 3.40. The van der Waals surface area contributed by atoms with Crippen molar-refractivity contribution < 1.29 is 9.84 Å². The van der Waals surface area contributed by atoms with Crippen LogP contribution >= 0.6 is 0 Å². The number of ether oxygens (including phenoxy) is 1. The average Bonchev–Trinajstić information content (AvgIpc) is 2.27. The van der Waals surface area contributed by atoms with Crippen LogP contribution in [-0.2, 0) is 4.74 Å². The molecule has 0 bridgehead atoms. The van der Waals surface area contributed by atoms with Crippen molar-refractivity contribution in [2.24, 2.45) is 0 Å². The van der Waals surface area contributed by atoms with Gasteiger partial charge in [-0.25, -0.2) is 0 Å². The summed E-state index contributed by atoms with van der Waals surface area (Å²) in [5.41, 5.74) is 7.29. The van der Waals surface area contributed by atoms with Crippen LogP contribution in [0.1, 0.15) is 5.56 Å². The van der Waals surface area contributed by atoms with E-state index >= 15 is 0 Å². The number of rotatable bonds is 5. The number of hydrogen-bond donors (Lipinski definition) is 3. The number of nitrogens with zero attached hydrogens (tertiary/aromatic N) is 1. The molecule has 0 aliphatic heterocycles. The van der Waals surface area contributed by atoms with Gasteiger partial charge in [-0.3, -0.25) is 0 Å². The van der Waals surface area contributed by atoms with Crippen molar-refractivity contribution in [3.05, 3.63) is 23.8 Å². The lowest BCUT2D eigenvalue weighted by Crippen LogP contribution is -2.24. The Morgan fingerprint density at radius 1 is 1.62 bits per heavy atom. The first-order chi connectivity index (χ1) is 7.67. The number of nitriles is 1. The smallest absolute Gasteiger partial charge is 0.101 e. The molecule has 0 fully saturated rings. The number of aliphatic hydroxyl groups is 1. The summed E-state index contributed by atoms with van der Waals surface area (Å²) in [6.45, 7) is 0.651. The fourth-order valence-corrected chi connectivity index (χ4v) is 1.26. The van der Waals surface area contributed by atoms with Crippen molar-refractivity contribution >= 4 is 11.4 Å². The summed E-state index contributed by atoms with van der Waals surface area (Å²) in [4.78, 5) is 0. The number of benzene rings is 1. The highest BCUT2D eigenvalue weighted by molar-refractivity contribution is 5.62. The fraction of sp³-hybridized carbons (Fsp3) is 0.364. The normalized spacial score (nSPS) is 11.8. The number of methoxy groups -OCH3 is 1. The quantitative estimate of drug-likeness (QED) is 0.632. The molecule has 0 aliphatic rings. The largest absolute Gasteiger partial charge is 0.398 e. The van der Waals surface area contributed by atoms with Gasteiger partial charge < -0.3 is 20.9 Å². The first kappa shape index (κ1) is 12.3. The van der Waals surface area contributed by atoms with Crippen LogP contribution in [0.3, 0.4) is 0 Å². The van der Waals surface area contributed by atoms with Gasteiger partial charge in [-0.1, -0.05) is 0 Å². The van der Waals surface area contributed by atoms with E-state index in [0.717, 1.165) is 5.69 Å². The van der Waals surface area contributed by atoms with Gasteiger partial charge in [-0.15, -0.1) is 0 Å². The van der Waals surface area contributed by atoms with E-state index in [-0.39, 0.29) is 6.61 Å². The van der Waals surface area contributed by atoms with Crippen LogP contribution in [0.15, 0.2) is 18.2 Å². The van der Waals surface area contributed by atoms with Crippen molar-refractivity contribution in [3.8, 4) is 6.07 Å². The molecule has 0 radical (unpaired) electrons. The summed E-state index contributed by atoms with van der Waals surface area (Å²) < 4.78 is 4.79. The van der Waals surface area contributed by atoms with Gasteiger partial charge in [0.1, 0.15) is 6.07 Å². The molecule has 0 spiro atoms. The van der Waals surface area contributed by atoms with Crippen LogP contribution < -0.4 is 11.1 Å². The topological polar surface area (TPSA) is 91.3 Å². The van der Waals surface area contributed by atoms with Crippen molar-refractivity contribution in [3.63, 3.8) is 0 Å². The Morgan fingerprint density at radius 3 is 2.94 bits per heavy atom. The molecular formula is C11H15N3O2. The number of nitrogens with one attached hydrogen (secondary N) is 1. The van der Waals surface area contributed by atoms with E-state index in [1.165, 1.54) is 7.11 Å². The molecule has 1 rings (SSSR count). The Hall–Kier alpha value is -1.77. The summed E-state index contributed by atoms with van der Waals surface area (Å²) >= 11 is 0. The van der Waals surface area contributed by atoms with Crippen LogP contribution in [0.5, 0.6) is 0 Å². The van der Waals surface area contributed by atoms with Crippen LogP contribution in [0.2, 0.25) is 0 Å². The van der Waals surface area contributed by atoms with E-state index in [4.69, 9.17) is 15.7 Å². The maximum Gasteiger partial charge on any atom is 0.101 e. The zero-order chi connectivity index (χ0) is 12.0. The molecule has 5 heteroatoms. The number of aliphatic hydroxyl groups excluding tert-OH is 1. The minimum absolute atomic E-state index is 0.277. The van der Waals surface area contributed by atoms with Gasteiger partial charge in [0.15, 0.2) is 0 Å². The number of anilines is 2. The Morgan fingerprint density at radius 2 is 2.38 bits per heavy atom. The van der Waals surface area contributed by atoms with Crippen molar-refractivity contribution in [1.82, 2.24) is 0 Å². The summed E-state index contributed by atoms with van der Waals surface area (Å²) in [6.07, 6.45) is -0.568. The molecule has 0 amide bonds. The number of hydrogen-bond acceptors (Lipinski definition) is 5. The van der Waals surface area contributed by atoms with Crippen molar-refractivity contribution in [2.75, 3.05) is 31.3 Å². The highest BCUT2D eigenvalue weighted by atomic mass is 16.5. The van der Waals surface area contributed by atoms with Crippen molar-refractivity contribution in [1.29, 1.82) is 5.26 Å². The van der Waals surface area contributed by atoms with Crippen LogP contribution in [-0.4, -0.2) is 31.5 Å². The van der Waals surface area contributed by atoms with E-state index in [2.05, 4.69) is 5.32 Å². The Kier molecular flexibility index (Phi) is 4.58. The van der Waals surface area contributed by atoms with E-state index in [1.807, 2.05) is 6.07 Å². The van der Waals surface area contributed by atoms with Crippen LogP contribution in [0.4, 0.5) is 11.4 Å². The first-order valence-corrected chi connectivity index (χ1v) is 4.88. The van der Waals surface area contributed by atoms with Gasteiger partial charge in [-0.05, 0) is 18.2 Å². The zero-order valence-corrected chi connectivity index (χ0v) is 9.10. The molecule has 1 aromatic carbocycles. The van der Waals surface area contributed by atoms with Crippen LogP contribution in [0.25, 0.3) is 0 Å². The average molecular weight is 221 g/mol. The maximum absolute atomic E-state index is 9.41. The summed E-state index contributed by atoms with van der Waals surface area (Å²) in [7, 11) is 1.53. The number of nitrogen functional groups attached to an aromatic ring is 1. The highest BCUT2D eigenvalue weighted by Crippen LogP contribution is 2.16. The lowest BCUT2D eigenvalue weighted by atomic mass is 10.2. The lowest BCUT2D eigenvalue weighted by molar-refractivity contribution is 0.0727. The van der Waals surface area contributed by atoms with Gasteiger partial charge in [0.05, 0.1) is 24.0 Å². The molecule has 1 aromatic rings. The minimum atomic E-state index is -0.568. The van der Waals surface area contributed by atoms with E-state index < -0.39 is 6.10 Å². The van der Waals surface area contributed by atoms with Gasteiger partial charge in [0.2, 0.25) is 0 Å². The molecule has 0 saturated carbocycles. The fourth-order valence-electron chi connectivity index (χ4n) is 1.26. The monoisotopic (exact) mass is 221 g/mol. The summed E-state index contributed by atoms with van der Waals surface area (Å²) in [5.74, 6) is 0. The van der Waals surface area contributed by atoms with Gasteiger partial charge in [0.25, 0.3) is 0 Å². The molecule has 4 N–H and O–H groups in total. The van der Waals surface area contributed by atoms with Crippen molar-refractivity contribution in [2.45, 2.75) is 6.10 Å². The molecule has 16 heavy (non-hydrogen) atoms. The van der Waals surface area contributed by atoms with E-state index in [1.54, 1.807) is 18.2 Å². The SMILES string of the molecule is COCC(O)CNc1ccc(C#N)c(N)c1. The lowest BCUT2D eigenvalue weighted by Gasteiger charge is -2.12. The molecule has 86 valence electrons.